The van der Waals surface area contributed by atoms with Gasteiger partial charge in [-0.3, -0.25) is 4.79 Å². The molecule has 120 valence electrons. The first kappa shape index (κ1) is 15.6. The molecular weight excluding hydrogens is 288 g/mol. The third-order valence-corrected chi connectivity index (χ3v) is 4.19. The highest BCUT2D eigenvalue weighted by Crippen LogP contribution is 2.25. The molecule has 0 unspecified atom stereocenters. The maximum atomic E-state index is 12.1. The van der Waals surface area contributed by atoms with Crippen LogP contribution in [0.15, 0.2) is 54.6 Å². The van der Waals surface area contributed by atoms with Crippen LogP contribution in [0.4, 0.5) is 0 Å². The number of nitrogens with two attached hydrogens (primary N) is 1. The van der Waals surface area contributed by atoms with Gasteiger partial charge < -0.3 is 15.8 Å². The summed E-state index contributed by atoms with van der Waals surface area (Å²) in [6.07, 6.45) is 2.63. The van der Waals surface area contributed by atoms with Crippen molar-refractivity contribution in [3.05, 3.63) is 60.2 Å². The number of hydrogen-bond donors (Lipinski definition) is 2. The lowest BCUT2D eigenvalue weighted by Gasteiger charge is -2.12. The molecule has 1 aliphatic rings. The topological polar surface area (TPSA) is 64.4 Å². The van der Waals surface area contributed by atoms with E-state index < -0.39 is 0 Å². The van der Waals surface area contributed by atoms with Crippen LogP contribution in [0.25, 0.3) is 0 Å². The Bertz CT molecular complexity index is 657. The minimum absolute atomic E-state index is 0.0637. The zero-order chi connectivity index (χ0) is 16.1. The molecule has 2 aromatic rings. The molecule has 1 amide bonds. The first-order valence-electron chi connectivity index (χ1n) is 8.06. The van der Waals surface area contributed by atoms with Crippen LogP contribution in [0.5, 0.6) is 11.5 Å². The van der Waals surface area contributed by atoms with Crippen LogP contribution in [0.2, 0.25) is 0 Å². The summed E-state index contributed by atoms with van der Waals surface area (Å²) < 4.78 is 5.81. The molecule has 1 fully saturated rings. The molecular formula is C19H22N2O2. The zero-order valence-corrected chi connectivity index (χ0v) is 13.1. The highest BCUT2D eigenvalue weighted by molar-refractivity contribution is 5.79. The minimum Gasteiger partial charge on any atom is -0.457 e. The van der Waals surface area contributed by atoms with Crippen LogP contribution in [0.1, 0.15) is 24.8 Å². The van der Waals surface area contributed by atoms with E-state index >= 15 is 0 Å². The molecule has 2 aromatic carbocycles. The minimum atomic E-state index is 0.0637. The Morgan fingerprint density at radius 2 is 1.87 bits per heavy atom. The van der Waals surface area contributed by atoms with Gasteiger partial charge in [-0.15, -0.1) is 0 Å². The highest BCUT2D eigenvalue weighted by Gasteiger charge is 2.27. The summed E-state index contributed by atoms with van der Waals surface area (Å²) in [7, 11) is 0. The van der Waals surface area contributed by atoms with Crippen molar-refractivity contribution >= 4 is 5.91 Å². The molecule has 4 nitrogen and oxygen atoms in total. The van der Waals surface area contributed by atoms with E-state index in [2.05, 4.69) is 5.32 Å². The second-order valence-electron chi connectivity index (χ2n) is 6.05. The number of carbonyl (C=O) groups excluding carboxylic acids is 1. The lowest BCUT2D eigenvalue weighted by atomic mass is 10.1. The number of amides is 1. The molecule has 0 aromatic heterocycles. The third kappa shape index (κ3) is 4.33. The van der Waals surface area contributed by atoms with E-state index in [1.165, 1.54) is 0 Å². The second kappa shape index (κ2) is 7.29. The number of nitrogens with one attached hydrogen (secondary N) is 1. The van der Waals surface area contributed by atoms with Gasteiger partial charge in [0.05, 0.1) is 0 Å². The molecule has 0 bridgehead atoms. The smallest absolute Gasteiger partial charge is 0.223 e. The summed E-state index contributed by atoms with van der Waals surface area (Å²) in [5, 5.41) is 3.00. The van der Waals surface area contributed by atoms with Gasteiger partial charge in [-0.2, -0.15) is 0 Å². The van der Waals surface area contributed by atoms with Gasteiger partial charge in [0.25, 0.3) is 0 Å². The average molecular weight is 310 g/mol. The van der Waals surface area contributed by atoms with Gasteiger partial charge in [0.2, 0.25) is 5.91 Å². The van der Waals surface area contributed by atoms with E-state index in [9.17, 15) is 4.79 Å². The molecule has 0 radical (unpaired) electrons. The number of benzene rings is 2. The molecule has 4 heteroatoms. The summed E-state index contributed by atoms with van der Waals surface area (Å²) >= 11 is 0. The quantitative estimate of drug-likeness (QED) is 0.891. The molecule has 0 spiro atoms. The number of carbonyl (C=O) groups is 1. The normalized spacial score (nSPS) is 20.2. The van der Waals surface area contributed by atoms with Crippen molar-refractivity contribution in [2.24, 2.45) is 11.7 Å². The van der Waals surface area contributed by atoms with E-state index in [1.54, 1.807) is 0 Å². The molecule has 0 heterocycles. The van der Waals surface area contributed by atoms with Gasteiger partial charge in [-0.25, -0.2) is 0 Å². The fourth-order valence-electron chi connectivity index (χ4n) is 2.93. The van der Waals surface area contributed by atoms with E-state index in [0.29, 0.717) is 6.54 Å². The number of ether oxygens (including phenoxy) is 1. The standard InChI is InChI=1S/C19H22N2O2/c20-16-10-9-15(12-16)19(22)21-13-14-5-4-8-18(11-14)23-17-6-2-1-3-7-17/h1-8,11,15-16H,9-10,12-13,20H2,(H,21,22)/t15-,16+/m0/s1. The Morgan fingerprint density at radius 1 is 1.09 bits per heavy atom. The van der Waals surface area contributed by atoms with E-state index in [0.717, 1.165) is 36.3 Å². The highest BCUT2D eigenvalue weighted by atomic mass is 16.5. The predicted molar refractivity (Wildman–Crippen MR) is 90.1 cm³/mol. The molecule has 0 aliphatic heterocycles. The second-order valence-corrected chi connectivity index (χ2v) is 6.05. The largest absolute Gasteiger partial charge is 0.457 e. The molecule has 2 atom stereocenters. The molecule has 23 heavy (non-hydrogen) atoms. The SMILES string of the molecule is N[C@@H]1CC[C@H](C(=O)NCc2cccc(Oc3ccccc3)c2)C1. The third-order valence-electron chi connectivity index (χ3n) is 4.19. The summed E-state index contributed by atoms with van der Waals surface area (Å²) in [5.41, 5.74) is 6.89. The first-order chi connectivity index (χ1) is 11.2. The van der Waals surface area contributed by atoms with Gasteiger partial charge in [0, 0.05) is 18.5 Å². The van der Waals surface area contributed by atoms with Crippen molar-refractivity contribution in [2.45, 2.75) is 31.8 Å². The number of rotatable bonds is 5. The van der Waals surface area contributed by atoms with E-state index in [-0.39, 0.29) is 17.9 Å². The lowest BCUT2D eigenvalue weighted by molar-refractivity contribution is -0.125. The maximum absolute atomic E-state index is 12.1. The summed E-state index contributed by atoms with van der Waals surface area (Å²) in [4.78, 5) is 12.1. The van der Waals surface area contributed by atoms with Crippen LogP contribution in [-0.4, -0.2) is 11.9 Å². The number of hydrogen-bond acceptors (Lipinski definition) is 3. The Kier molecular flexibility index (Phi) is 4.93. The molecule has 0 saturated heterocycles. The van der Waals surface area contributed by atoms with Gasteiger partial charge in [-0.1, -0.05) is 30.3 Å². The Balaban J connectivity index is 1.56. The monoisotopic (exact) mass is 310 g/mol. The fourth-order valence-corrected chi connectivity index (χ4v) is 2.93. The zero-order valence-electron chi connectivity index (χ0n) is 13.1. The van der Waals surface area contributed by atoms with Crippen molar-refractivity contribution in [2.75, 3.05) is 0 Å². The van der Waals surface area contributed by atoms with Crippen molar-refractivity contribution in [1.29, 1.82) is 0 Å². The predicted octanol–water partition coefficient (Wildman–Crippen LogP) is 3.22. The van der Waals surface area contributed by atoms with Gasteiger partial charge in [0.1, 0.15) is 11.5 Å². The van der Waals surface area contributed by atoms with Crippen LogP contribution in [0.3, 0.4) is 0 Å². The van der Waals surface area contributed by atoms with E-state index in [1.807, 2.05) is 54.6 Å². The Morgan fingerprint density at radius 3 is 2.61 bits per heavy atom. The van der Waals surface area contributed by atoms with Crippen molar-refractivity contribution in [3.8, 4) is 11.5 Å². The van der Waals surface area contributed by atoms with Crippen LogP contribution >= 0.6 is 0 Å². The lowest BCUT2D eigenvalue weighted by Crippen LogP contribution is -2.29. The van der Waals surface area contributed by atoms with Gasteiger partial charge in [-0.05, 0) is 49.1 Å². The van der Waals surface area contributed by atoms with Gasteiger partial charge >= 0.3 is 0 Å². The van der Waals surface area contributed by atoms with E-state index in [4.69, 9.17) is 10.5 Å². The van der Waals surface area contributed by atoms with Gasteiger partial charge in [0.15, 0.2) is 0 Å². The van der Waals surface area contributed by atoms with Crippen molar-refractivity contribution in [1.82, 2.24) is 5.32 Å². The molecule has 3 N–H and O–H groups in total. The number of para-hydroxylation sites is 1. The van der Waals surface area contributed by atoms with Crippen molar-refractivity contribution < 1.29 is 9.53 Å². The Hall–Kier alpha value is -2.33. The molecule has 1 aliphatic carbocycles. The fraction of sp³-hybridized carbons (Fsp3) is 0.316. The average Bonchev–Trinajstić information content (AvgIpc) is 3.01. The first-order valence-corrected chi connectivity index (χ1v) is 8.06. The van der Waals surface area contributed by atoms with Crippen molar-refractivity contribution in [3.63, 3.8) is 0 Å². The molecule has 3 rings (SSSR count). The van der Waals surface area contributed by atoms with Crippen LogP contribution < -0.4 is 15.8 Å². The summed E-state index contributed by atoms with van der Waals surface area (Å²) in [5.74, 6) is 1.74. The summed E-state index contributed by atoms with van der Waals surface area (Å²) in [6.45, 7) is 0.510. The summed E-state index contributed by atoms with van der Waals surface area (Å²) in [6, 6.07) is 17.6. The van der Waals surface area contributed by atoms with Crippen LogP contribution in [0, 0.1) is 5.92 Å². The van der Waals surface area contributed by atoms with Crippen LogP contribution in [-0.2, 0) is 11.3 Å². The molecule has 1 saturated carbocycles. The maximum Gasteiger partial charge on any atom is 0.223 e. The Labute approximate surface area is 136 Å².